The zero-order valence-electron chi connectivity index (χ0n) is 21.3. The summed E-state index contributed by atoms with van der Waals surface area (Å²) >= 11 is 6.31. The van der Waals surface area contributed by atoms with Gasteiger partial charge in [-0.3, -0.25) is 4.90 Å². The minimum Gasteiger partial charge on any atom is -0.299 e. The number of rotatable bonds is 10. The molecule has 0 N–H and O–H groups in total. The van der Waals surface area contributed by atoms with Crippen LogP contribution < -0.4 is 0 Å². The Hall–Kier alpha value is -2.67. The first-order valence-corrected chi connectivity index (χ1v) is 12.9. The number of pyridine rings is 1. The van der Waals surface area contributed by atoms with Crippen molar-refractivity contribution in [3.05, 3.63) is 76.9 Å². The molecule has 1 heterocycles. The van der Waals surface area contributed by atoms with E-state index in [1.807, 2.05) is 50.2 Å². The maximum Gasteiger partial charge on any atom is 0.147 e. The van der Waals surface area contributed by atoms with Gasteiger partial charge in [-0.2, -0.15) is 5.26 Å². The molecule has 0 radical (unpaired) electrons. The number of hydrogen-bond donors (Lipinski definition) is 0. The third kappa shape index (κ3) is 7.97. The number of nitrogens with zero attached hydrogens (tertiary/aromatic N) is 3. The topological polar surface area (TPSA) is 39.9 Å². The molecule has 0 fully saturated rings. The van der Waals surface area contributed by atoms with Gasteiger partial charge in [0.2, 0.25) is 0 Å². The van der Waals surface area contributed by atoms with Crippen molar-refractivity contribution in [3.63, 3.8) is 0 Å². The van der Waals surface area contributed by atoms with Gasteiger partial charge in [0.05, 0.1) is 11.3 Å². The highest BCUT2D eigenvalue weighted by molar-refractivity contribution is 6.30. The fourth-order valence-electron chi connectivity index (χ4n) is 3.99. The summed E-state index contributed by atoms with van der Waals surface area (Å²) in [5.41, 5.74) is 5.43. The number of hydrogen-bond acceptors (Lipinski definition) is 3. The smallest absolute Gasteiger partial charge is 0.147 e. The highest BCUT2D eigenvalue weighted by Crippen LogP contribution is 2.33. The molecule has 3 aromatic rings. The lowest BCUT2D eigenvalue weighted by Crippen LogP contribution is -2.28. The summed E-state index contributed by atoms with van der Waals surface area (Å²) in [6, 6.07) is 22.6. The molecule has 0 aliphatic rings. The van der Waals surface area contributed by atoms with Crippen LogP contribution in [0.4, 0.5) is 0 Å². The van der Waals surface area contributed by atoms with E-state index in [0.717, 1.165) is 42.0 Å². The zero-order chi connectivity index (χ0) is 24.9. The van der Waals surface area contributed by atoms with Crippen LogP contribution in [-0.2, 0) is 6.54 Å². The lowest BCUT2D eigenvalue weighted by atomic mass is 9.97. The summed E-state index contributed by atoms with van der Waals surface area (Å²) in [7, 11) is 0. The SMILES string of the molecule is CC.CCCCCN(Cc1ccc(-c2nc(Cl)c(C#N)cc2-c2ccccc2)cc1)CC(C)C. The van der Waals surface area contributed by atoms with Gasteiger partial charge < -0.3 is 0 Å². The van der Waals surface area contributed by atoms with Crippen molar-refractivity contribution in [2.75, 3.05) is 13.1 Å². The molecule has 34 heavy (non-hydrogen) atoms. The highest BCUT2D eigenvalue weighted by atomic mass is 35.5. The van der Waals surface area contributed by atoms with Gasteiger partial charge in [-0.05, 0) is 36.1 Å². The van der Waals surface area contributed by atoms with E-state index in [9.17, 15) is 5.26 Å². The summed E-state index contributed by atoms with van der Waals surface area (Å²) in [4.78, 5) is 7.16. The lowest BCUT2D eigenvalue weighted by molar-refractivity contribution is 0.231. The summed E-state index contributed by atoms with van der Waals surface area (Å²) in [6.07, 6.45) is 3.77. The van der Waals surface area contributed by atoms with E-state index in [1.165, 1.54) is 24.8 Å². The second-order valence-electron chi connectivity index (χ2n) is 8.73. The van der Waals surface area contributed by atoms with E-state index in [1.54, 1.807) is 0 Å². The molecule has 0 unspecified atom stereocenters. The molecule has 3 nitrogen and oxygen atoms in total. The summed E-state index contributed by atoms with van der Waals surface area (Å²) in [5.74, 6) is 0.648. The van der Waals surface area contributed by atoms with Gasteiger partial charge in [0, 0.05) is 24.2 Å². The van der Waals surface area contributed by atoms with Crippen LogP contribution in [0, 0.1) is 17.2 Å². The number of benzene rings is 2. The number of halogens is 1. The van der Waals surface area contributed by atoms with Crippen molar-refractivity contribution >= 4 is 11.6 Å². The molecule has 0 atom stereocenters. The third-order valence-electron chi connectivity index (χ3n) is 5.52. The lowest BCUT2D eigenvalue weighted by Gasteiger charge is -2.24. The van der Waals surface area contributed by atoms with Crippen LogP contribution in [-0.4, -0.2) is 23.0 Å². The van der Waals surface area contributed by atoms with Gasteiger partial charge in [0.15, 0.2) is 0 Å². The molecular formula is C30H38ClN3. The van der Waals surface area contributed by atoms with E-state index < -0.39 is 0 Å². The Morgan fingerprint density at radius 3 is 2.24 bits per heavy atom. The number of nitriles is 1. The molecule has 0 amide bonds. The predicted octanol–water partition coefficient (Wildman–Crippen LogP) is 8.62. The molecular weight excluding hydrogens is 438 g/mol. The maximum absolute atomic E-state index is 9.43. The van der Waals surface area contributed by atoms with Gasteiger partial charge in [0.25, 0.3) is 0 Å². The molecule has 0 aliphatic carbocycles. The normalized spacial score (nSPS) is 10.7. The number of aromatic nitrogens is 1. The van der Waals surface area contributed by atoms with Crippen molar-refractivity contribution in [1.82, 2.24) is 9.88 Å². The molecule has 1 aromatic heterocycles. The van der Waals surface area contributed by atoms with Crippen LogP contribution in [0.25, 0.3) is 22.4 Å². The van der Waals surface area contributed by atoms with Gasteiger partial charge in [-0.25, -0.2) is 4.98 Å². The van der Waals surface area contributed by atoms with E-state index in [0.29, 0.717) is 11.5 Å². The Morgan fingerprint density at radius 1 is 0.971 bits per heavy atom. The van der Waals surface area contributed by atoms with Crippen LogP contribution in [0.1, 0.15) is 65.0 Å². The van der Waals surface area contributed by atoms with Crippen LogP contribution >= 0.6 is 11.6 Å². The Balaban J connectivity index is 0.00000199. The molecule has 0 aliphatic heterocycles. The summed E-state index contributed by atoms with van der Waals surface area (Å²) in [5, 5.41) is 9.67. The summed E-state index contributed by atoms with van der Waals surface area (Å²) in [6.45, 7) is 14.0. The minimum atomic E-state index is 0.241. The van der Waals surface area contributed by atoms with Crippen LogP contribution in [0.2, 0.25) is 5.15 Å². The first-order valence-electron chi connectivity index (χ1n) is 12.5. The molecule has 4 heteroatoms. The van der Waals surface area contributed by atoms with Crippen molar-refractivity contribution in [3.8, 4) is 28.5 Å². The van der Waals surface area contributed by atoms with Gasteiger partial charge >= 0.3 is 0 Å². The van der Waals surface area contributed by atoms with E-state index in [2.05, 4.69) is 61.0 Å². The Kier molecular flexibility index (Phi) is 11.8. The minimum absolute atomic E-state index is 0.241. The quantitative estimate of drug-likeness (QED) is 0.217. The standard InChI is InChI=1S/C28H32ClN3.C2H6/c1-4-5-9-16-32(19-21(2)3)20-22-12-14-24(15-13-22)27-26(23-10-7-6-8-11-23)17-25(18-30)28(29)31-27;1-2/h6-8,10-15,17,21H,4-5,9,16,19-20H2,1-3H3;1-2H3. The van der Waals surface area contributed by atoms with Crippen LogP contribution in [0.15, 0.2) is 60.7 Å². The van der Waals surface area contributed by atoms with Gasteiger partial charge in [-0.15, -0.1) is 0 Å². The molecule has 2 aromatic carbocycles. The molecule has 0 spiro atoms. The van der Waals surface area contributed by atoms with Gasteiger partial charge in [-0.1, -0.05) is 114 Å². The predicted molar refractivity (Wildman–Crippen MR) is 146 cm³/mol. The third-order valence-corrected chi connectivity index (χ3v) is 5.80. The van der Waals surface area contributed by atoms with Crippen molar-refractivity contribution in [2.24, 2.45) is 5.92 Å². The zero-order valence-corrected chi connectivity index (χ0v) is 22.1. The van der Waals surface area contributed by atoms with Gasteiger partial charge in [0.1, 0.15) is 11.2 Å². The second-order valence-corrected chi connectivity index (χ2v) is 9.09. The monoisotopic (exact) mass is 475 g/mol. The molecule has 0 bridgehead atoms. The average molecular weight is 476 g/mol. The molecule has 0 saturated heterocycles. The first kappa shape index (κ1) is 27.6. The Morgan fingerprint density at radius 2 is 1.65 bits per heavy atom. The Labute approximate surface area is 211 Å². The molecule has 0 saturated carbocycles. The molecule has 3 rings (SSSR count). The van der Waals surface area contributed by atoms with Crippen molar-refractivity contribution in [1.29, 1.82) is 5.26 Å². The van der Waals surface area contributed by atoms with Crippen LogP contribution in [0.3, 0.4) is 0 Å². The van der Waals surface area contributed by atoms with Crippen molar-refractivity contribution in [2.45, 2.75) is 60.4 Å². The fraction of sp³-hybridized carbons (Fsp3) is 0.400. The average Bonchev–Trinajstić information content (AvgIpc) is 2.86. The van der Waals surface area contributed by atoms with E-state index in [-0.39, 0.29) is 5.15 Å². The highest BCUT2D eigenvalue weighted by Gasteiger charge is 2.15. The largest absolute Gasteiger partial charge is 0.299 e. The fourth-order valence-corrected chi connectivity index (χ4v) is 4.17. The van der Waals surface area contributed by atoms with E-state index in [4.69, 9.17) is 11.6 Å². The second kappa shape index (κ2) is 14.6. The summed E-state index contributed by atoms with van der Waals surface area (Å²) < 4.78 is 0. The first-order chi connectivity index (χ1) is 16.5. The van der Waals surface area contributed by atoms with Crippen molar-refractivity contribution < 1.29 is 0 Å². The maximum atomic E-state index is 9.43. The van der Waals surface area contributed by atoms with E-state index >= 15 is 0 Å². The number of unbranched alkanes of at least 4 members (excludes halogenated alkanes) is 2. The molecule has 180 valence electrons. The van der Waals surface area contributed by atoms with Crippen LogP contribution in [0.5, 0.6) is 0 Å². The Bertz CT molecular complexity index is 1040.